The maximum Gasteiger partial charge on any atom is 0.224 e. The van der Waals surface area contributed by atoms with Crippen LogP contribution in [0, 0.1) is 6.92 Å². The molecule has 146 valence electrons. The van der Waals surface area contributed by atoms with Crippen molar-refractivity contribution >= 4 is 16.9 Å². The predicted molar refractivity (Wildman–Crippen MR) is 109 cm³/mol. The number of aryl methyl sites for hydroxylation is 2. The first kappa shape index (κ1) is 18.6. The van der Waals surface area contributed by atoms with Crippen molar-refractivity contribution in [2.24, 2.45) is 0 Å². The molecule has 6 heteroatoms. The average Bonchev–Trinajstić information content (AvgIpc) is 3.04. The lowest BCUT2D eigenvalue weighted by Crippen LogP contribution is -2.48. The zero-order valence-corrected chi connectivity index (χ0v) is 16.6. The Labute approximate surface area is 165 Å². The number of hydrogen-bond donors (Lipinski definition) is 0. The maximum absolute atomic E-state index is 12.9. The van der Waals surface area contributed by atoms with E-state index in [1.807, 2.05) is 37.8 Å². The molecule has 0 aliphatic carbocycles. The lowest BCUT2D eigenvalue weighted by molar-refractivity contribution is -0.143. The second-order valence-electron chi connectivity index (χ2n) is 7.54. The maximum atomic E-state index is 12.9. The molecule has 1 fully saturated rings. The number of amides is 1. The molecule has 0 radical (unpaired) electrons. The van der Waals surface area contributed by atoms with Gasteiger partial charge in [-0.25, -0.2) is 4.98 Å². The summed E-state index contributed by atoms with van der Waals surface area (Å²) < 4.78 is 7.89. The van der Waals surface area contributed by atoms with Gasteiger partial charge in [0.2, 0.25) is 5.91 Å². The van der Waals surface area contributed by atoms with E-state index in [0.29, 0.717) is 26.1 Å². The number of ether oxygens (including phenoxy) is 1. The second kappa shape index (κ2) is 7.72. The van der Waals surface area contributed by atoms with Crippen molar-refractivity contribution < 1.29 is 9.53 Å². The number of fused-ring (bicyclic) bond motifs is 1. The molecule has 2 atom stereocenters. The number of hydrogen-bond acceptors (Lipinski definition) is 4. The normalized spacial score (nSPS) is 19.9. The Bertz CT molecular complexity index is 987. The van der Waals surface area contributed by atoms with Crippen LogP contribution in [0.1, 0.15) is 26.0 Å². The molecule has 3 aromatic rings. The van der Waals surface area contributed by atoms with E-state index in [1.54, 1.807) is 12.4 Å². The number of aromatic nitrogens is 3. The summed E-state index contributed by atoms with van der Waals surface area (Å²) in [4.78, 5) is 23.8. The Morgan fingerprint density at radius 1 is 1.14 bits per heavy atom. The van der Waals surface area contributed by atoms with Crippen molar-refractivity contribution in [2.75, 3.05) is 13.1 Å². The van der Waals surface area contributed by atoms with E-state index in [9.17, 15) is 4.79 Å². The fourth-order valence-corrected chi connectivity index (χ4v) is 4.04. The molecule has 28 heavy (non-hydrogen) atoms. The van der Waals surface area contributed by atoms with E-state index in [2.05, 4.69) is 32.7 Å². The summed E-state index contributed by atoms with van der Waals surface area (Å²) in [5.41, 5.74) is 3.99. The van der Waals surface area contributed by atoms with Gasteiger partial charge in [-0.05, 0) is 51.1 Å². The van der Waals surface area contributed by atoms with Crippen LogP contribution in [0.5, 0.6) is 0 Å². The summed E-state index contributed by atoms with van der Waals surface area (Å²) in [6.45, 7) is 7.94. The topological polar surface area (TPSA) is 60.2 Å². The van der Waals surface area contributed by atoms with Gasteiger partial charge in [-0.2, -0.15) is 0 Å². The molecule has 0 spiro atoms. The number of carbonyl (C=O) groups is 1. The van der Waals surface area contributed by atoms with Crippen LogP contribution in [0.25, 0.3) is 22.3 Å². The fourth-order valence-electron chi connectivity index (χ4n) is 4.04. The van der Waals surface area contributed by atoms with Crippen molar-refractivity contribution in [3.8, 4) is 11.3 Å². The smallest absolute Gasteiger partial charge is 0.224 e. The van der Waals surface area contributed by atoms with Gasteiger partial charge in [0.25, 0.3) is 0 Å². The molecular weight excluding hydrogens is 352 g/mol. The zero-order valence-electron chi connectivity index (χ0n) is 16.6. The van der Waals surface area contributed by atoms with Crippen LogP contribution in [-0.4, -0.2) is 50.6 Å². The zero-order chi connectivity index (χ0) is 19.7. The van der Waals surface area contributed by atoms with Gasteiger partial charge in [-0.1, -0.05) is 0 Å². The molecule has 1 amide bonds. The van der Waals surface area contributed by atoms with Gasteiger partial charge in [0.15, 0.2) is 0 Å². The Morgan fingerprint density at radius 3 is 2.61 bits per heavy atom. The number of morpholine rings is 1. The Morgan fingerprint density at radius 2 is 1.86 bits per heavy atom. The molecule has 0 aromatic carbocycles. The molecule has 6 nitrogen and oxygen atoms in total. The molecule has 1 saturated heterocycles. The number of nitrogens with zero attached hydrogens (tertiary/aromatic N) is 4. The van der Waals surface area contributed by atoms with Crippen LogP contribution in [0.15, 0.2) is 42.7 Å². The van der Waals surface area contributed by atoms with E-state index in [4.69, 9.17) is 4.74 Å². The summed E-state index contributed by atoms with van der Waals surface area (Å²) in [6, 6.07) is 10.1. The standard InChI is InChI=1S/C22H26N4O2/c1-15-13-25(14-16(2)28-15)21(27)8-11-26-20(19-7-5-9-23-17(19)3)12-18-6-4-10-24-22(18)26/h4-7,9-10,12,15-16H,8,11,13-14H2,1-3H3/t15-,16+. The summed E-state index contributed by atoms with van der Waals surface area (Å²) in [6.07, 6.45) is 4.19. The van der Waals surface area contributed by atoms with Crippen LogP contribution in [-0.2, 0) is 16.1 Å². The number of carbonyl (C=O) groups excluding carboxylic acids is 1. The minimum atomic E-state index is 0.0791. The van der Waals surface area contributed by atoms with Gasteiger partial charge in [0.05, 0.1) is 17.9 Å². The van der Waals surface area contributed by atoms with E-state index in [-0.39, 0.29) is 18.1 Å². The van der Waals surface area contributed by atoms with Gasteiger partial charge in [0, 0.05) is 55.1 Å². The summed E-state index contributed by atoms with van der Waals surface area (Å²) in [7, 11) is 0. The number of rotatable bonds is 4. The van der Waals surface area contributed by atoms with Crippen LogP contribution < -0.4 is 0 Å². The van der Waals surface area contributed by atoms with Crippen molar-refractivity contribution in [1.82, 2.24) is 19.4 Å². The van der Waals surface area contributed by atoms with E-state index >= 15 is 0 Å². The fraction of sp³-hybridized carbons (Fsp3) is 0.409. The van der Waals surface area contributed by atoms with E-state index in [1.165, 1.54) is 0 Å². The van der Waals surface area contributed by atoms with Crippen LogP contribution >= 0.6 is 0 Å². The van der Waals surface area contributed by atoms with Crippen molar-refractivity contribution in [3.05, 3.63) is 48.4 Å². The third-order valence-electron chi connectivity index (χ3n) is 5.26. The highest BCUT2D eigenvalue weighted by molar-refractivity contribution is 5.85. The summed E-state index contributed by atoms with van der Waals surface area (Å²) in [5, 5.41) is 1.07. The first-order valence-electron chi connectivity index (χ1n) is 9.82. The molecule has 4 heterocycles. The van der Waals surface area contributed by atoms with Crippen LogP contribution in [0.4, 0.5) is 0 Å². The van der Waals surface area contributed by atoms with Crippen molar-refractivity contribution in [1.29, 1.82) is 0 Å². The largest absolute Gasteiger partial charge is 0.372 e. The molecule has 3 aromatic heterocycles. The lowest BCUT2D eigenvalue weighted by atomic mass is 10.1. The first-order valence-corrected chi connectivity index (χ1v) is 9.82. The molecule has 0 N–H and O–H groups in total. The Kier molecular flexibility index (Phi) is 5.13. The third-order valence-corrected chi connectivity index (χ3v) is 5.26. The predicted octanol–water partition coefficient (Wildman–Crippen LogP) is 3.43. The Balaban J connectivity index is 1.62. The minimum Gasteiger partial charge on any atom is -0.372 e. The first-order chi connectivity index (χ1) is 13.5. The van der Waals surface area contributed by atoms with Gasteiger partial charge < -0.3 is 14.2 Å². The van der Waals surface area contributed by atoms with Gasteiger partial charge in [-0.3, -0.25) is 9.78 Å². The highest BCUT2D eigenvalue weighted by Crippen LogP contribution is 2.29. The molecule has 0 bridgehead atoms. The molecule has 4 rings (SSSR count). The molecule has 0 saturated carbocycles. The average molecular weight is 378 g/mol. The highest BCUT2D eigenvalue weighted by Gasteiger charge is 2.26. The van der Waals surface area contributed by atoms with Crippen molar-refractivity contribution in [3.63, 3.8) is 0 Å². The summed E-state index contributed by atoms with van der Waals surface area (Å²) >= 11 is 0. The summed E-state index contributed by atoms with van der Waals surface area (Å²) in [5.74, 6) is 0.161. The van der Waals surface area contributed by atoms with Crippen molar-refractivity contribution in [2.45, 2.75) is 45.9 Å². The number of pyridine rings is 2. The quantitative estimate of drug-likeness (QED) is 0.698. The Hall–Kier alpha value is -2.73. The molecule has 1 aliphatic rings. The lowest BCUT2D eigenvalue weighted by Gasteiger charge is -2.35. The molecule has 0 unspecified atom stereocenters. The minimum absolute atomic E-state index is 0.0791. The monoisotopic (exact) mass is 378 g/mol. The SMILES string of the molecule is Cc1ncccc1-c1cc2cccnc2n1CCC(=O)N1C[C@@H](C)O[C@@H](C)C1. The van der Waals surface area contributed by atoms with Crippen LogP contribution in [0.2, 0.25) is 0 Å². The van der Waals surface area contributed by atoms with Crippen LogP contribution in [0.3, 0.4) is 0 Å². The second-order valence-corrected chi connectivity index (χ2v) is 7.54. The van der Waals surface area contributed by atoms with E-state index < -0.39 is 0 Å². The van der Waals surface area contributed by atoms with Gasteiger partial charge in [0.1, 0.15) is 5.65 Å². The van der Waals surface area contributed by atoms with Gasteiger partial charge in [-0.15, -0.1) is 0 Å². The molecule has 1 aliphatic heterocycles. The van der Waals surface area contributed by atoms with E-state index in [0.717, 1.165) is 28.0 Å². The third kappa shape index (κ3) is 3.64. The van der Waals surface area contributed by atoms with Gasteiger partial charge >= 0.3 is 0 Å². The molecular formula is C22H26N4O2. The highest BCUT2D eigenvalue weighted by atomic mass is 16.5.